The van der Waals surface area contributed by atoms with Crippen molar-refractivity contribution < 1.29 is 9.50 Å². The summed E-state index contributed by atoms with van der Waals surface area (Å²) in [6.45, 7) is 4.87. The number of likely N-dealkylation sites (tertiary alicyclic amines) is 1. The Kier molecular flexibility index (Phi) is 4.34. The van der Waals surface area contributed by atoms with E-state index in [4.69, 9.17) is 4.99 Å². The number of hydrogen-bond acceptors (Lipinski definition) is 2. The Bertz CT molecular complexity index is 557. The van der Waals surface area contributed by atoms with Gasteiger partial charge in [-0.25, -0.2) is 4.39 Å². The lowest BCUT2D eigenvalue weighted by Crippen LogP contribution is -2.41. The van der Waals surface area contributed by atoms with Gasteiger partial charge in [0.2, 0.25) is 0 Å². The molecule has 2 aliphatic rings. The molecule has 0 unspecified atom stereocenters. The van der Waals surface area contributed by atoms with E-state index < -0.39 is 0 Å². The van der Waals surface area contributed by atoms with E-state index in [1.807, 2.05) is 19.1 Å². The van der Waals surface area contributed by atoms with Crippen molar-refractivity contribution in [2.75, 3.05) is 26.2 Å². The largest absolute Gasteiger partial charge is 0.391 e. The number of halogens is 1. The van der Waals surface area contributed by atoms with Gasteiger partial charge in [0.25, 0.3) is 0 Å². The van der Waals surface area contributed by atoms with Crippen LogP contribution in [0.1, 0.15) is 31.7 Å². The monoisotopic (exact) mass is 305 g/mol. The Labute approximate surface area is 131 Å². The van der Waals surface area contributed by atoms with Crippen molar-refractivity contribution in [3.8, 4) is 0 Å². The highest BCUT2D eigenvalue weighted by Crippen LogP contribution is 2.49. The van der Waals surface area contributed by atoms with Gasteiger partial charge in [-0.3, -0.25) is 4.99 Å². The molecule has 3 rings (SSSR count). The predicted octanol–water partition coefficient (Wildman–Crippen LogP) is 1.89. The van der Waals surface area contributed by atoms with Crippen LogP contribution in [0.15, 0.2) is 29.3 Å². The van der Waals surface area contributed by atoms with E-state index >= 15 is 0 Å². The Hall–Kier alpha value is -1.62. The van der Waals surface area contributed by atoms with Gasteiger partial charge in [-0.15, -0.1) is 0 Å². The van der Waals surface area contributed by atoms with E-state index in [0.717, 1.165) is 43.9 Å². The average molecular weight is 305 g/mol. The van der Waals surface area contributed by atoms with Crippen LogP contribution in [0.4, 0.5) is 4.39 Å². The van der Waals surface area contributed by atoms with Gasteiger partial charge in [0, 0.05) is 25.0 Å². The van der Waals surface area contributed by atoms with Gasteiger partial charge >= 0.3 is 0 Å². The molecule has 0 radical (unpaired) electrons. The number of aliphatic imine (C=N–C) groups is 1. The summed E-state index contributed by atoms with van der Waals surface area (Å²) in [5, 5.41) is 13.0. The van der Waals surface area contributed by atoms with Crippen LogP contribution >= 0.6 is 0 Å². The van der Waals surface area contributed by atoms with Gasteiger partial charge < -0.3 is 15.3 Å². The minimum absolute atomic E-state index is 0.128. The average Bonchev–Trinajstić information content (AvgIpc) is 3.18. The highest BCUT2D eigenvalue weighted by molar-refractivity contribution is 5.80. The number of β-amino-alcohol motifs (C(OH)–C–C–N with tert-alkyl or cyclic N) is 1. The highest BCUT2D eigenvalue weighted by atomic mass is 19.1. The van der Waals surface area contributed by atoms with E-state index in [-0.39, 0.29) is 17.3 Å². The van der Waals surface area contributed by atoms with Gasteiger partial charge in [-0.2, -0.15) is 0 Å². The third-order valence-electron chi connectivity index (χ3n) is 4.63. The molecule has 1 saturated heterocycles. The van der Waals surface area contributed by atoms with E-state index in [0.29, 0.717) is 13.1 Å². The van der Waals surface area contributed by atoms with E-state index in [1.165, 1.54) is 6.07 Å². The molecule has 1 aromatic carbocycles. The maximum Gasteiger partial charge on any atom is 0.194 e. The zero-order chi connectivity index (χ0) is 15.6. The van der Waals surface area contributed by atoms with Crippen LogP contribution in [0, 0.1) is 5.82 Å². The molecule has 0 bridgehead atoms. The van der Waals surface area contributed by atoms with E-state index in [9.17, 15) is 9.50 Å². The maximum atomic E-state index is 14.0. The summed E-state index contributed by atoms with van der Waals surface area (Å²) in [4.78, 5) is 6.82. The summed E-state index contributed by atoms with van der Waals surface area (Å²) in [5.41, 5.74) is 0.653. The summed E-state index contributed by atoms with van der Waals surface area (Å²) < 4.78 is 14.0. The van der Waals surface area contributed by atoms with Crippen molar-refractivity contribution in [1.82, 2.24) is 10.2 Å². The van der Waals surface area contributed by atoms with E-state index in [1.54, 1.807) is 6.07 Å². The number of aliphatic hydroxyl groups is 1. The number of benzene rings is 1. The molecule has 2 fully saturated rings. The molecule has 1 atom stereocenters. The molecule has 2 N–H and O–H groups in total. The van der Waals surface area contributed by atoms with Crippen molar-refractivity contribution in [2.45, 2.75) is 37.7 Å². The first-order chi connectivity index (χ1) is 10.6. The molecule has 1 aliphatic heterocycles. The van der Waals surface area contributed by atoms with Gasteiger partial charge in [0.05, 0.1) is 12.6 Å². The molecule has 5 heteroatoms. The van der Waals surface area contributed by atoms with Gasteiger partial charge in [-0.1, -0.05) is 18.2 Å². The molecule has 120 valence electrons. The van der Waals surface area contributed by atoms with Crippen LogP contribution in [0.3, 0.4) is 0 Å². The number of nitrogens with zero attached hydrogens (tertiary/aromatic N) is 2. The van der Waals surface area contributed by atoms with Crippen molar-refractivity contribution >= 4 is 5.96 Å². The summed E-state index contributed by atoms with van der Waals surface area (Å²) in [6.07, 6.45) is 2.48. The fourth-order valence-electron chi connectivity index (χ4n) is 3.14. The van der Waals surface area contributed by atoms with Gasteiger partial charge in [0.1, 0.15) is 5.82 Å². The van der Waals surface area contributed by atoms with Crippen LogP contribution in [0.2, 0.25) is 0 Å². The minimum atomic E-state index is -0.273. The van der Waals surface area contributed by atoms with E-state index in [2.05, 4.69) is 10.2 Å². The first kappa shape index (κ1) is 15.3. The molecule has 1 aromatic rings. The van der Waals surface area contributed by atoms with Gasteiger partial charge in [-0.05, 0) is 37.8 Å². The van der Waals surface area contributed by atoms with Crippen LogP contribution in [-0.2, 0) is 5.41 Å². The second kappa shape index (κ2) is 6.24. The predicted molar refractivity (Wildman–Crippen MR) is 85.5 cm³/mol. The topological polar surface area (TPSA) is 47.9 Å². The Morgan fingerprint density at radius 1 is 1.45 bits per heavy atom. The smallest absolute Gasteiger partial charge is 0.194 e. The quantitative estimate of drug-likeness (QED) is 0.660. The van der Waals surface area contributed by atoms with Crippen LogP contribution in [0.5, 0.6) is 0 Å². The molecule has 1 heterocycles. The summed E-state index contributed by atoms with van der Waals surface area (Å²) >= 11 is 0. The lowest BCUT2D eigenvalue weighted by molar-refractivity contribution is 0.188. The second-order valence-electron chi connectivity index (χ2n) is 6.32. The molecular weight excluding hydrogens is 281 g/mol. The molecule has 1 saturated carbocycles. The lowest BCUT2D eigenvalue weighted by Gasteiger charge is -2.22. The first-order valence-corrected chi connectivity index (χ1v) is 8.11. The second-order valence-corrected chi connectivity index (χ2v) is 6.32. The van der Waals surface area contributed by atoms with Crippen LogP contribution in [-0.4, -0.2) is 48.2 Å². The van der Waals surface area contributed by atoms with Crippen LogP contribution < -0.4 is 5.32 Å². The third kappa shape index (κ3) is 3.09. The van der Waals surface area contributed by atoms with Crippen molar-refractivity contribution in [2.24, 2.45) is 4.99 Å². The molecule has 22 heavy (non-hydrogen) atoms. The lowest BCUT2D eigenvalue weighted by atomic mass is 9.95. The summed E-state index contributed by atoms with van der Waals surface area (Å²) in [7, 11) is 0. The SMILES string of the molecule is CCNC(=NCC1(c2ccccc2F)CC1)N1CC[C@@H](O)C1. The fourth-order valence-corrected chi connectivity index (χ4v) is 3.14. The normalized spacial score (nSPS) is 23.7. The Balaban J connectivity index is 1.74. The van der Waals surface area contributed by atoms with Gasteiger partial charge in [0.15, 0.2) is 5.96 Å². The molecule has 0 aromatic heterocycles. The van der Waals surface area contributed by atoms with Crippen molar-refractivity contribution in [1.29, 1.82) is 0 Å². The highest BCUT2D eigenvalue weighted by Gasteiger charge is 2.46. The summed E-state index contributed by atoms with van der Waals surface area (Å²) in [6, 6.07) is 7.03. The molecular formula is C17H24FN3O. The third-order valence-corrected chi connectivity index (χ3v) is 4.63. The number of rotatable bonds is 4. The van der Waals surface area contributed by atoms with Crippen molar-refractivity contribution in [3.63, 3.8) is 0 Å². The maximum absolute atomic E-state index is 14.0. The number of aliphatic hydroxyl groups excluding tert-OH is 1. The Morgan fingerprint density at radius 3 is 2.82 bits per heavy atom. The van der Waals surface area contributed by atoms with Crippen molar-refractivity contribution in [3.05, 3.63) is 35.6 Å². The number of guanidine groups is 1. The zero-order valence-corrected chi connectivity index (χ0v) is 13.1. The van der Waals surface area contributed by atoms with Crippen LogP contribution in [0.25, 0.3) is 0 Å². The Morgan fingerprint density at radius 2 is 2.23 bits per heavy atom. The summed E-state index contributed by atoms with van der Waals surface area (Å²) in [5.74, 6) is 0.707. The molecule has 0 amide bonds. The first-order valence-electron chi connectivity index (χ1n) is 8.11. The minimum Gasteiger partial charge on any atom is -0.391 e. The number of nitrogens with one attached hydrogen (secondary N) is 1. The molecule has 4 nitrogen and oxygen atoms in total. The molecule has 0 spiro atoms. The standard InChI is InChI=1S/C17H24FN3O/c1-2-19-16(21-10-7-13(22)11-21)20-12-17(8-9-17)14-5-3-4-6-15(14)18/h3-6,13,22H,2,7-12H2,1H3,(H,19,20)/t13-/m1/s1. The molecule has 1 aliphatic carbocycles. The zero-order valence-electron chi connectivity index (χ0n) is 13.1. The number of hydrogen-bond donors (Lipinski definition) is 2. The fraction of sp³-hybridized carbons (Fsp3) is 0.588.